The molecule has 3 aromatic heterocycles. The lowest BCUT2D eigenvalue weighted by Gasteiger charge is -2.03. The van der Waals surface area contributed by atoms with E-state index < -0.39 is 0 Å². The van der Waals surface area contributed by atoms with Gasteiger partial charge in [0.1, 0.15) is 9.53 Å². The van der Waals surface area contributed by atoms with Crippen LogP contribution < -0.4 is 11.2 Å². The van der Waals surface area contributed by atoms with Gasteiger partial charge >= 0.3 is 5.69 Å². The largest absolute Gasteiger partial charge is 0.328 e. The molecule has 0 aliphatic rings. The van der Waals surface area contributed by atoms with Crippen molar-refractivity contribution in [2.75, 3.05) is 0 Å². The van der Waals surface area contributed by atoms with Gasteiger partial charge in [0.25, 0.3) is 5.56 Å². The SMILES string of the molecule is CCCCn1c(=O)[nH]c2c(sc3nc(C)cc(C)c32)c1=O. The molecule has 1 N–H and O–H groups in total. The van der Waals surface area contributed by atoms with E-state index in [4.69, 9.17) is 0 Å². The first kappa shape index (κ1) is 14.0. The smallest absolute Gasteiger partial charge is 0.305 e. The molecule has 0 atom stereocenters. The van der Waals surface area contributed by atoms with Crippen LogP contribution in [0.3, 0.4) is 0 Å². The minimum Gasteiger partial charge on any atom is -0.305 e. The van der Waals surface area contributed by atoms with Gasteiger partial charge in [-0.1, -0.05) is 13.3 Å². The maximum absolute atomic E-state index is 12.5. The van der Waals surface area contributed by atoms with Crippen molar-refractivity contribution in [1.82, 2.24) is 14.5 Å². The molecule has 0 unspecified atom stereocenters. The Morgan fingerprint density at radius 1 is 1.33 bits per heavy atom. The highest BCUT2D eigenvalue weighted by Crippen LogP contribution is 2.31. The molecule has 0 aliphatic carbocycles. The maximum Gasteiger partial charge on any atom is 0.328 e. The number of rotatable bonds is 3. The Morgan fingerprint density at radius 3 is 2.81 bits per heavy atom. The molecule has 0 radical (unpaired) electrons. The van der Waals surface area contributed by atoms with E-state index in [-0.39, 0.29) is 11.2 Å². The summed E-state index contributed by atoms with van der Waals surface area (Å²) in [5, 5.41) is 0.887. The van der Waals surface area contributed by atoms with Crippen LogP contribution in [0.25, 0.3) is 20.4 Å². The normalized spacial score (nSPS) is 11.6. The lowest BCUT2D eigenvalue weighted by atomic mass is 10.1. The van der Waals surface area contributed by atoms with E-state index in [1.807, 2.05) is 26.8 Å². The van der Waals surface area contributed by atoms with E-state index in [1.165, 1.54) is 15.9 Å². The van der Waals surface area contributed by atoms with Crippen LogP contribution in [0.1, 0.15) is 31.0 Å². The third kappa shape index (κ3) is 2.19. The molecule has 21 heavy (non-hydrogen) atoms. The molecule has 0 fully saturated rings. The summed E-state index contributed by atoms with van der Waals surface area (Å²) in [4.78, 5) is 32.9. The fourth-order valence-corrected chi connectivity index (χ4v) is 3.82. The molecular formula is C15H17N3O2S. The van der Waals surface area contributed by atoms with Gasteiger partial charge in [0.2, 0.25) is 0 Å². The van der Waals surface area contributed by atoms with Gasteiger partial charge in [-0.2, -0.15) is 0 Å². The first-order chi connectivity index (χ1) is 10.0. The summed E-state index contributed by atoms with van der Waals surface area (Å²) in [5.74, 6) is 0. The Morgan fingerprint density at radius 2 is 2.10 bits per heavy atom. The van der Waals surface area contributed by atoms with Crippen molar-refractivity contribution in [3.8, 4) is 0 Å². The molecule has 0 saturated heterocycles. The van der Waals surface area contributed by atoms with Crippen LogP contribution in [-0.2, 0) is 6.54 Å². The highest BCUT2D eigenvalue weighted by molar-refractivity contribution is 7.25. The second kappa shape index (κ2) is 5.11. The summed E-state index contributed by atoms with van der Waals surface area (Å²) >= 11 is 1.36. The highest BCUT2D eigenvalue weighted by atomic mass is 32.1. The predicted octanol–water partition coefficient (Wildman–Crippen LogP) is 2.72. The summed E-state index contributed by atoms with van der Waals surface area (Å²) < 4.78 is 1.88. The van der Waals surface area contributed by atoms with E-state index in [0.717, 1.165) is 34.3 Å². The number of nitrogens with one attached hydrogen (secondary N) is 1. The summed E-state index contributed by atoms with van der Waals surface area (Å²) in [5.41, 5.74) is 2.04. The number of fused-ring (bicyclic) bond motifs is 3. The predicted molar refractivity (Wildman–Crippen MR) is 86.4 cm³/mol. The molecule has 3 heterocycles. The van der Waals surface area contributed by atoms with Gasteiger partial charge in [0.15, 0.2) is 0 Å². The fourth-order valence-electron chi connectivity index (χ4n) is 2.62. The number of H-pyrrole nitrogens is 1. The van der Waals surface area contributed by atoms with E-state index in [1.54, 1.807) is 0 Å². The van der Waals surface area contributed by atoms with Crippen LogP contribution in [0.5, 0.6) is 0 Å². The third-order valence-electron chi connectivity index (χ3n) is 3.64. The van der Waals surface area contributed by atoms with Crippen molar-refractivity contribution in [3.05, 3.63) is 38.2 Å². The van der Waals surface area contributed by atoms with Crippen LogP contribution >= 0.6 is 11.3 Å². The second-order valence-electron chi connectivity index (χ2n) is 5.31. The van der Waals surface area contributed by atoms with Crippen molar-refractivity contribution < 1.29 is 0 Å². The molecule has 3 rings (SSSR count). The third-order valence-corrected chi connectivity index (χ3v) is 4.71. The molecule has 0 bridgehead atoms. The lowest BCUT2D eigenvalue weighted by molar-refractivity contribution is 0.590. The number of pyridine rings is 1. The maximum atomic E-state index is 12.5. The van der Waals surface area contributed by atoms with E-state index in [9.17, 15) is 9.59 Å². The zero-order chi connectivity index (χ0) is 15.1. The number of nitrogens with zero attached hydrogens (tertiary/aromatic N) is 2. The quantitative estimate of drug-likeness (QED) is 0.809. The van der Waals surface area contributed by atoms with Gasteiger partial charge in [0.05, 0.1) is 5.52 Å². The Kier molecular flexibility index (Phi) is 3.41. The van der Waals surface area contributed by atoms with E-state index >= 15 is 0 Å². The van der Waals surface area contributed by atoms with Crippen molar-refractivity contribution in [3.63, 3.8) is 0 Å². The molecule has 0 aromatic carbocycles. The second-order valence-corrected chi connectivity index (χ2v) is 6.31. The summed E-state index contributed by atoms with van der Waals surface area (Å²) in [6.07, 6.45) is 1.76. The minimum absolute atomic E-state index is 0.206. The standard InChI is InChI=1S/C15H17N3O2S/c1-4-5-6-18-14(19)12-11(17-15(18)20)10-8(2)7-9(3)16-13(10)21-12/h7H,4-6H2,1-3H3,(H,17,20). The summed E-state index contributed by atoms with van der Waals surface area (Å²) in [6.45, 7) is 6.40. The Hall–Kier alpha value is -1.95. The van der Waals surface area contributed by atoms with Gasteiger partial charge in [-0.05, 0) is 31.9 Å². The monoisotopic (exact) mass is 303 g/mol. The molecular weight excluding hydrogens is 286 g/mol. The Bertz CT molecular complexity index is 949. The molecule has 6 heteroatoms. The van der Waals surface area contributed by atoms with E-state index in [2.05, 4.69) is 9.97 Å². The molecule has 0 saturated carbocycles. The molecule has 110 valence electrons. The zero-order valence-electron chi connectivity index (χ0n) is 12.3. The topological polar surface area (TPSA) is 67.8 Å². The number of unbranched alkanes of at least 4 members (excludes halogenated alkanes) is 1. The van der Waals surface area contributed by atoms with Crippen LogP contribution in [0.4, 0.5) is 0 Å². The number of thiophene rings is 1. The van der Waals surface area contributed by atoms with Crippen LogP contribution in [0, 0.1) is 13.8 Å². The van der Waals surface area contributed by atoms with Crippen molar-refractivity contribution in [2.45, 2.75) is 40.2 Å². The van der Waals surface area contributed by atoms with Crippen LogP contribution in [-0.4, -0.2) is 14.5 Å². The Labute approximate surface area is 125 Å². The van der Waals surface area contributed by atoms with Crippen molar-refractivity contribution in [1.29, 1.82) is 0 Å². The number of aromatic nitrogens is 3. The van der Waals surface area contributed by atoms with Gasteiger partial charge in [-0.15, -0.1) is 11.3 Å². The molecule has 3 aromatic rings. The number of aromatic amines is 1. The summed E-state index contributed by atoms with van der Waals surface area (Å²) in [6, 6.07) is 1.97. The average Bonchev–Trinajstić information content (AvgIpc) is 2.77. The molecule has 0 amide bonds. The zero-order valence-corrected chi connectivity index (χ0v) is 13.1. The number of aryl methyl sites for hydroxylation is 2. The van der Waals surface area contributed by atoms with Gasteiger partial charge in [-0.25, -0.2) is 9.78 Å². The molecule has 5 nitrogen and oxygen atoms in total. The van der Waals surface area contributed by atoms with Crippen LogP contribution in [0.2, 0.25) is 0 Å². The van der Waals surface area contributed by atoms with Crippen molar-refractivity contribution in [2.24, 2.45) is 0 Å². The first-order valence-corrected chi connectivity index (χ1v) is 7.88. The highest BCUT2D eigenvalue weighted by Gasteiger charge is 2.15. The first-order valence-electron chi connectivity index (χ1n) is 7.06. The number of hydrogen-bond donors (Lipinski definition) is 1. The van der Waals surface area contributed by atoms with Gasteiger partial charge < -0.3 is 4.98 Å². The molecule has 0 spiro atoms. The van der Waals surface area contributed by atoms with Crippen LogP contribution in [0.15, 0.2) is 15.7 Å². The minimum atomic E-state index is -0.333. The number of hydrogen-bond acceptors (Lipinski definition) is 4. The average molecular weight is 303 g/mol. The lowest BCUT2D eigenvalue weighted by Crippen LogP contribution is -2.34. The van der Waals surface area contributed by atoms with Gasteiger partial charge in [-0.3, -0.25) is 9.36 Å². The van der Waals surface area contributed by atoms with Gasteiger partial charge in [0, 0.05) is 17.6 Å². The summed E-state index contributed by atoms with van der Waals surface area (Å²) in [7, 11) is 0. The fraction of sp³-hybridized carbons (Fsp3) is 0.400. The molecule has 0 aliphatic heterocycles. The van der Waals surface area contributed by atoms with Crippen molar-refractivity contribution >= 4 is 31.8 Å². The Balaban J connectivity index is 2.40. The van der Waals surface area contributed by atoms with E-state index in [0.29, 0.717) is 16.8 Å².